The van der Waals surface area contributed by atoms with E-state index < -0.39 is 0 Å². The van der Waals surface area contributed by atoms with Gasteiger partial charge in [-0.3, -0.25) is 0 Å². The number of nitrogens with zero attached hydrogens (tertiary/aromatic N) is 1. The van der Waals surface area contributed by atoms with Gasteiger partial charge in [0.2, 0.25) is 0 Å². The van der Waals surface area contributed by atoms with Crippen molar-refractivity contribution in [3.05, 3.63) is 24.0 Å². The van der Waals surface area contributed by atoms with Gasteiger partial charge in [-0.05, 0) is 12.2 Å². The van der Waals surface area contributed by atoms with Crippen LogP contribution in [0.1, 0.15) is 0 Å². The van der Waals surface area contributed by atoms with E-state index in [1.54, 1.807) is 0 Å². The van der Waals surface area contributed by atoms with E-state index in [1.165, 1.54) is 5.70 Å². The first-order valence-corrected chi connectivity index (χ1v) is 3.36. The first-order valence-electron chi connectivity index (χ1n) is 3.36. The molecular formula is C7H13N3. The van der Waals surface area contributed by atoms with Crippen LogP contribution in [0.2, 0.25) is 0 Å². The highest BCUT2D eigenvalue weighted by Gasteiger charge is 2.01. The van der Waals surface area contributed by atoms with Crippen LogP contribution < -0.4 is 10.7 Å². The summed E-state index contributed by atoms with van der Waals surface area (Å²) >= 11 is 0. The highest BCUT2D eigenvalue weighted by atomic mass is 15.5. The Kier molecular flexibility index (Phi) is 2.34. The normalized spacial score (nSPS) is 17.0. The molecule has 0 unspecified atom stereocenters. The molecule has 0 saturated heterocycles. The quantitative estimate of drug-likeness (QED) is 0.566. The zero-order valence-corrected chi connectivity index (χ0v) is 6.39. The van der Waals surface area contributed by atoms with Gasteiger partial charge in [-0.1, -0.05) is 0 Å². The summed E-state index contributed by atoms with van der Waals surface area (Å²) in [4.78, 5) is 0. The summed E-state index contributed by atoms with van der Waals surface area (Å²) in [6.45, 7) is 0.906. The Hall–Kier alpha value is -0.960. The van der Waals surface area contributed by atoms with Crippen molar-refractivity contribution in [1.29, 1.82) is 0 Å². The summed E-state index contributed by atoms with van der Waals surface area (Å²) in [5.41, 5.74) is 4.25. The number of allylic oxidation sites excluding steroid dienone is 2. The van der Waals surface area contributed by atoms with Crippen LogP contribution in [0.15, 0.2) is 24.0 Å². The fraction of sp³-hybridized carbons (Fsp3) is 0.429. The monoisotopic (exact) mass is 139 g/mol. The highest BCUT2D eigenvalue weighted by Crippen LogP contribution is 1.99. The SMILES string of the molecule is CNC1=CC=CN(NC)C1. The Labute approximate surface area is 61.4 Å². The van der Waals surface area contributed by atoms with Crippen LogP contribution in [-0.2, 0) is 0 Å². The van der Waals surface area contributed by atoms with Crippen molar-refractivity contribution in [1.82, 2.24) is 15.8 Å². The standard InChI is InChI=1S/C7H13N3/c1-8-7-4-3-5-10(6-7)9-2/h3-5,8-9H,6H2,1-2H3. The molecule has 2 N–H and O–H groups in total. The molecule has 10 heavy (non-hydrogen) atoms. The lowest BCUT2D eigenvalue weighted by Crippen LogP contribution is -2.35. The maximum absolute atomic E-state index is 3.10. The molecule has 0 radical (unpaired) electrons. The van der Waals surface area contributed by atoms with Crippen molar-refractivity contribution in [3.8, 4) is 0 Å². The van der Waals surface area contributed by atoms with Gasteiger partial charge in [0.05, 0.1) is 6.54 Å². The minimum absolute atomic E-state index is 0.906. The molecule has 0 aromatic rings. The average Bonchev–Trinajstić information content (AvgIpc) is 2.05. The maximum atomic E-state index is 3.10. The first-order chi connectivity index (χ1) is 4.86. The average molecular weight is 139 g/mol. The van der Waals surface area contributed by atoms with Crippen LogP contribution in [-0.4, -0.2) is 25.6 Å². The number of likely N-dealkylation sites (N-methyl/N-ethyl adjacent to an activating group) is 1. The topological polar surface area (TPSA) is 27.3 Å². The smallest absolute Gasteiger partial charge is 0.0734 e. The van der Waals surface area contributed by atoms with Gasteiger partial charge in [0, 0.05) is 26.0 Å². The van der Waals surface area contributed by atoms with Crippen LogP contribution in [0, 0.1) is 0 Å². The Morgan fingerprint density at radius 1 is 1.50 bits per heavy atom. The van der Waals surface area contributed by atoms with Gasteiger partial charge in [-0.25, -0.2) is 5.43 Å². The van der Waals surface area contributed by atoms with Gasteiger partial charge in [-0.2, -0.15) is 0 Å². The summed E-state index contributed by atoms with van der Waals surface area (Å²) in [7, 11) is 3.84. The highest BCUT2D eigenvalue weighted by molar-refractivity contribution is 5.16. The number of hydrogen-bond donors (Lipinski definition) is 2. The molecule has 0 aliphatic carbocycles. The van der Waals surface area contributed by atoms with Crippen LogP contribution in [0.3, 0.4) is 0 Å². The van der Waals surface area contributed by atoms with E-state index in [-0.39, 0.29) is 0 Å². The van der Waals surface area contributed by atoms with Crippen molar-refractivity contribution in [2.75, 3.05) is 20.6 Å². The Morgan fingerprint density at radius 3 is 2.90 bits per heavy atom. The predicted molar refractivity (Wildman–Crippen MR) is 42.0 cm³/mol. The second-order valence-corrected chi connectivity index (χ2v) is 2.13. The van der Waals surface area contributed by atoms with Gasteiger partial charge >= 0.3 is 0 Å². The molecule has 0 bridgehead atoms. The molecule has 0 saturated carbocycles. The molecule has 3 heteroatoms. The van der Waals surface area contributed by atoms with Gasteiger partial charge in [0.25, 0.3) is 0 Å². The van der Waals surface area contributed by atoms with Gasteiger partial charge in [0.15, 0.2) is 0 Å². The fourth-order valence-electron chi connectivity index (χ4n) is 0.868. The lowest BCUT2D eigenvalue weighted by atomic mass is 10.3. The molecule has 1 aliphatic rings. The number of hydrogen-bond acceptors (Lipinski definition) is 3. The van der Waals surface area contributed by atoms with E-state index in [0.717, 1.165) is 6.54 Å². The van der Waals surface area contributed by atoms with Crippen molar-refractivity contribution in [3.63, 3.8) is 0 Å². The van der Waals surface area contributed by atoms with E-state index >= 15 is 0 Å². The number of rotatable bonds is 2. The molecule has 1 heterocycles. The Balaban J connectivity index is 2.50. The molecule has 1 rings (SSSR count). The van der Waals surface area contributed by atoms with E-state index in [9.17, 15) is 0 Å². The van der Waals surface area contributed by atoms with Crippen LogP contribution in [0.25, 0.3) is 0 Å². The lowest BCUT2D eigenvalue weighted by molar-refractivity contribution is 0.315. The van der Waals surface area contributed by atoms with Gasteiger partial charge in [-0.15, -0.1) is 0 Å². The molecular weight excluding hydrogens is 126 g/mol. The molecule has 0 aromatic carbocycles. The second kappa shape index (κ2) is 3.27. The molecule has 56 valence electrons. The largest absolute Gasteiger partial charge is 0.390 e. The third kappa shape index (κ3) is 1.51. The Bertz CT molecular complexity index is 160. The number of nitrogens with one attached hydrogen (secondary N) is 2. The molecule has 0 atom stereocenters. The van der Waals surface area contributed by atoms with Crippen molar-refractivity contribution >= 4 is 0 Å². The summed E-state index contributed by atoms with van der Waals surface area (Å²) in [6.07, 6.45) is 6.07. The summed E-state index contributed by atoms with van der Waals surface area (Å²) in [5, 5.41) is 5.10. The Morgan fingerprint density at radius 2 is 2.30 bits per heavy atom. The molecule has 0 spiro atoms. The van der Waals surface area contributed by atoms with Crippen molar-refractivity contribution < 1.29 is 0 Å². The minimum atomic E-state index is 0.906. The molecule has 3 nitrogen and oxygen atoms in total. The third-order valence-corrected chi connectivity index (χ3v) is 1.51. The molecule has 0 amide bonds. The fourth-order valence-corrected chi connectivity index (χ4v) is 0.868. The summed E-state index contributed by atoms with van der Waals surface area (Å²) in [5.74, 6) is 0. The van der Waals surface area contributed by atoms with Gasteiger partial charge < -0.3 is 10.3 Å². The second-order valence-electron chi connectivity index (χ2n) is 2.13. The third-order valence-electron chi connectivity index (χ3n) is 1.51. The number of hydrazine groups is 1. The predicted octanol–water partition coefficient (Wildman–Crippen LogP) is 0.0534. The zero-order valence-electron chi connectivity index (χ0n) is 6.39. The van der Waals surface area contributed by atoms with Gasteiger partial charge in [0.1, 0.15) is 0 Å². The molecule has 1 aliphatic heterocycles. The van der Waals surface area contributed by atoms with Crippen molar-refractivity contribution in [2.45, 2.75) is 0 Å². The van der Waals surface area contributed by atoms with Crippen molar-refractivity contribution in [2.24, 2.45) is 0 Å². The van der Waals surface area contributed by atoms with E-state index in [2.05, 4.69) is 16.8 Å². The van der Waals surface area contributed by atoms with Crippen LogP contribution >= 0.6 is 0 Å². The maximum Gasteiger partial charge on any atom is 0.0734 e. The van der Waals surface area contributed by atoms with E-state index in [0.29, 0.717) is 0 Å². The molecule has 0 fully saturated rings. The zero-order chi connectivity index (χ0) is 7.40. The summed E-state index contributed by atoms with van der Waals surface area (Å²) in [6, 6.07) is 0. The van der Waals surface area contributed by atoms with E-state index in [4.69, 9.17) is 0 Å². The van der Waals surface area contributed by atoms with E-state index in [1.807, 2.05) is 31.4 Å². The minimum Gasteiger partial charge on any atom is -0.390 e. The molecule has 0 aromatic heterocycles. The van der Waals surface area contributed by atoms with Crippen LogP contribution in [0.5, 0.6) is 0 Å². The van der Waals surface area contributed by atoms with Crippen LogP contribution in [0.4, 0.5) is 0 Å². The summed E-state index contributed by atoms with van der Waals surface area (Å²) < 4.78 is 0. The first kappa shape index (κ1) is 7.15. The lowest BCUT2D eigenvalue weighted by Gasteiger charge is -2.22.